The maximum absolute atomic E-state index is 12.1. The van der Waals surface area contributed by atoms with E-state index in [0.29, 0.717) is 11.5 Å². The molecule has 0 aliphatic rings. The molecule has 136 valence electrons. The van der Waals surface area contributed by atoms with Gasteiger partial charge in [0.25, 0.3) is 0 Å². The zero-order chi connectivity index (χ0) is 19.1. The van der Waals surface area contributed by atoms with Gasteiger partial charge < -0.3 is 18.8 Å². The lowest BCUT2D eigenvalue weighted by molar-refractivity contribution is 0.111. The Kier molecular flexibility index (Phi) is 3.96. The maximum atomic E-state index is 12.1. The standard InChI is InChI=1S/C21H19N3O3/c1-13-18(14(2)27-22-13)20-17(12-25)23(3)21(24-10-4-5-11-24)19(20)15-6-8-16(26)9-7-15/h4-12,26H,1-3H3. The van der Waals surface area contributed by atoms with Crippen molar-refractivity contribution in [2.45, 2.75) is 13.8 Å². The van der Waals surface area contributed by atoms with Gasteiger partial charge in [-0.3, -0.25) is 4.79 Å². The molecule has 6 heteroatoms. The van der Waals surface area contributed by atoms with Gasteiger partial charge in [-0.25, -0.2) is 0 Å². The van der Waals surface area contributed by atoms with Crippen LogP contribution in [0.3, 0.4) is 0 Å². The first-order valence-electron chi connectivity index (χ1n) is 8.56. The largest absolute Gasteiger partial charge is 0.508 e. The predicted octanol–water partition coefficient (Wildman–Crippen LogP) is 4.27. The SMILES string of the molecule is Cc1noc(C)c1-c1c(-c2ccc(O)cc2)c(-n2cccc2)n(C)c1C=O. The normalized spacial score (nSPS) is 11.1. The molecule has 0 spiro atoms. The average molecular weight is 361 g/mol. The van der Waals surface area contributed by atoms with Crippen LogP contribution in [-0.4, -0.2) is 25.7 Å². The molecule has 0 aliphatic carbocycles. The lowest BCUT2D eigenvalue weighted by Crippen LogP contribution is -2.03. The number of benzene rings is 1. The van der Waals surface area contributed by atoms with E-state index in [1.807, 2.05) is 66.7 Å². The van der Waals surface area contributed by atoms with Crippen LogP contribution in [0, 0.1) is 13.8 Å². The van der Waals surface area contributed by atoms with Crippen LogP contribution in [0.4, 0.5) is 0 Å². The number of aldehydes is 1. The van der Waals surface area contributed by atoms with E-state index < -0.39 is 0 Å². The molecule has 0 saturated heterocycles. The van der Waals surface area contributed by atoms with Crippen molar-refractivity contribution in [3.8, 4) is 33.8 Å². The van der Waals surface area contributed by atoms with Gasteiger partial charge in [-0.15, -0.1) is 0 Å². The zero-order valence-corrected chi connectivity index (χ0v) is 15.3. The lowest BCUT2D eigenvalue weighted by Gasteiger charge is -2.11. The van der Waals surface area contributed by atoms with Crippen molar-refractivity contribution < 1.29 is 14.4 Å². The fourth-order valence-electron chi connectivity index (χ4n) is 3.60. The van der Waals surface area contributed by atoms with Crippen LogP contribution >= 0.6 is 0 Å². The van der Waals surface area contributed by atoms with Gasteiger partial charge in [-0.1, -0.05) is 17.3 Å². The number of phenols is 1. The van der Waals surface area contributed by atoms with Crippen molar-refractivity contribution in [1.82, 2.24) is 14.3 Å². The molecule has 4 aromatic rings. The fraction of sp³-hybridized carbons (Fsp3) is 0.143. The Hall–Kier alpha value is -3.54. The third-order valence-corrected chi connectivity index (χ3v) is 4.81. The molecule has 4 rings (SSSR count). The Morgan fingerprint density at radius 2 is 1.70 bits per heavy atom. The number of hydrogen-bond donors (Lipinski definition) is 1. The van der Waals surface area contributed by atoms with Gasteiger partial charge in [0.2, 0.25) is 0 Å². The fourth-order valence-corrected chi connectivity index (χ4v) is 3.60. The summed E-state index contributed by atoms with van der Waals surface area (Å²) < 4.78 is 9.22. The van der Waals surface area contributed by atoms with E-state index in [-0.39, 0.29) is 5.75 Å². The summed E-state index contributed by atoms with van der Waals surface area (Å²) in [6, 6.07) is 10.8. The second-order valence-electron chi connectivity index (χ2n) is 6.47. The summed E-state index contributed by atoms with van der Waals surface area (Å²) in [6.07, 6.45) is 4.73. The van der Waals surface area contributed by atoms with Crippen molar-refractivity contribution in [1.29, 1.82) is 0 Å². The molecule has 6 nitrogen and oxygen atoms in total. The molecule has 0 radical (unpaired) electrons. The van der Waals surface area contributed by atoms with Crippen LogP contribution < -0.4 is 0 Å². The molecule has 0 amide bonds. The predicted molar refractivity (Wildman–Crippen MR) is 102 cm³/mol. The highest BCUT2D eigenvalue weighted by atomic mass is 16.5. The summed E-state index contributed by atoms with van der Waals surface area (Å²) in [5.41, 5.74) is 4.61. The molecule has 1 aromatic carbocycles. The molecule has 27 heavy (non-hydrogen) atoms. The van der Waals surface area contributed by atoms with Crippen molar-refractivity contribution >= 4 is 6.29 Å². The number of carbonyl (C=O) groups is 1. The minimum atomic E-state index is 0.187. The number of carbonyl (C=O) groups excluding carboxylic acids is 1. The summed E-state index contributed by atoms with van der Waals surface area (Å²) in [5.74, 6) is 1.69. The quantitative estimate of drug-likeness (QED) is 0.551. The molecule has 0 saturated carbocycles. The third kappa shape index (κ3) is 2.57. The molecule has 0 aliphatic heterocycles. The first-order chi connectivity index (χ1) is 13.0. The first kappa shape index (κ1) is 16.9. The number of aromatic nitrogens is 3. The Bertz CT molecular complexity index is 1100. The summed E-state index contributed by atoms with van der Waals surface area (Å²) in [4.78, 5) is 12.1. The Labute approximate surface area is 156 Å². The zero-order valence-electron chi connectivity index (χ0n) is 15.3. The molecule has 1 N–H and O–H groups in total. The van der Waals surface area contributed by atoms with E-state index in [0.717, 1.165) is 40.1 Å². The maximum Gasteiger partial charge on any atom is 0.167 e. The van der Waals surface area contributed by atoms with E-state index in [2.05, 4.69) is 5.16 Å². The number of phenolic OH excluding ortho intramolecular Hbond substituents is 1. The van der Waals surface area contributed by atoms with Gasteiger partial charge in [0, 0.05) is 30.6 Å². The number of nitrogens with zero attached hydrogens (tertiary/aromatic N) is 3. The Morgan fingerprint density at radius 3 is 2.26 bits per heavy atom. The van der Waals surface area contributed by atoms with Gasteiger partial charge >= 0.3 is 0 Å². The van der Waals surface area contributed by atoms with E-state index in [1.165, 1.54) is 0 Å². The van der Waals surface area contributed by atoms with Crippen molar-refractivity contribution in [3.63, 3.8) is 0 Å². The number of hydrogen-bond acceptors (Lipinski definition) is 4. The summed E-state index contributed by atoms with van der Waals surface area (Å²) in [5, 5.41) is 13.8. The molecule has 3 aromatic heterocycles. The van der Waals surface area contributed by atoms with Crippen molar-refractivity contribution in [2.75, 3.05) is 0 Å². The number of aromatic hydroxyl groups is 1. The van der Waals surface area contributed by atoms with Gasteiger partial charge in [0.15, 0.2) is 6.29 Å². The molecular formula is C21H19N3O3. The second kappa shape index (κ2) is 6.32. The second-order valence-corrected chi connectivity index (χ2v) is 6.47. The minimum absolute atomic E-state index is 0.187. The van der Waals surface area contributed by atoms with E-state index in [1.54, 1.807) is 12.1 Å². The Balaban J connectivity index is 2.16. The highest BCUT2D eigenvalue weighted by Crippen LogP contribution is 2.43. The topological polar surface area (TPSA) is 73.2 Å². The van der Waals surface area contributed by atoms with Crippen molar-refractivity contribution in [3.05, 3.63) is 65.9 Å². The van der Waals surface area contributed by atoms with Crippen LogP contribution in [0.25, 0.3) is 28.1 Å². The van der Waals surface area contributed by atoms with Crippen LogP contribution in [-0.2, 0) is 7.05 Å². The third-order valence-electron chi connectivity index (χ3n) is 4.81. The van der Waals surface area contributed by atoms with E-state index in [9.17, 15) is 9.90 Å². The van der Waals surface area contributed by atoms with Crippen molar-refractivity contribution in [2.24, 2.45) is 7.05 Å². The average Bonchev–Trinajstić information content (AvgIpc) is 3.35. The summed E-state index contributed by atoms with van der Waals surface area (Å²) >= 11 is 0. The molecule has 0 fully saturated rings. The Morgan fingerprint density at radius 1 is 1.04 bits per heavy atom. The molecule has 0 unspecified atom stereocenters. The van der Waals surface area contributed by atoms with Gasteiger partial charge in [-0.05, 0) is 43.7 Å². The highest BCUT2D eigenvalue weighted by molar-refractivity contribution is 6.00. The number of aryl methyl sites for hydroxylation is 2. The van der Waals surface area contributed by atoms with E-state index in [4.69, 9.17) is 4.52 Å². The monoisotopic (exact) mass is 361 g/mol. The molecule has 0 bridgehead atoms. The van der Waals surface area contributed by atoms with Crippen LogP contribution in [0.15, 0.2) is 53.3 Å². The van der Waals surface area contributed by atoms with E-state index >= 15 is 0 Å². The van der Waals surface area contributed by atoms with Crippen LogP contribution in [0.5, 0.6) is 5.75 Å². The van der Waals surface area contributed by atoms with Gasteiger partial charge in [0.05, 0.1) is 17.0 Å². The molecule has 3 heterocycles. The van der Waals surface area contributed by atoms with Gasteiger partial charge in [0.1, 0.15) is 17.3 Å². The summed E-state index contributed by atoms with van der Waals surface area (Å²) in [7, 11) is 1.87. The smallest absolute Gasteiger partial charge is 0.167 e. The van der Waals surface area contributed by atoms with Crippen LogP contribution in [0.1, 0.15) is 21.9 Å². The number of rotatable bonds is 4. The lowest BCUT2D eigenvalue weighted by atomic mass is 9.95. The summed E-state index contributed by atoms with van der Waals surface area (Å²) in [6.45, 7) is 3.70. The molecular weight excluding hydrogens is 342 g/mol. The van der Waals surface area contributed by atoms with Gasteiger partial charge in [-0.2, -0.15) is 0 Å². The first-order valence-corrected chi connectivity index (χ1v) is 8.56. The highest BCUT2D eigenvalue weighted by Gasteiger charge is 2.28. The van der Waals surface area contributed by atoms with Crippen LogP contribution in [0.2, 0.25) is 0 Å². The molecule has 0 atom stereocenters. The minimum Gasteiger partial charge on any atom is -0.508 e.